The van der Waals surface area contributed by atoms with Crippen molar-refractivity contribution in [2.75, 3.05) is 6.61 Å². The lowest BCUT2D eigenvalue weighted by Crippen LogP contribution is -2.07. The molecule has 24 heavy (non-hydrogen) atoms. The van der Waals surface area contributed by atoms with Crippen molar-refractivity contribution in [2.45, 2.75) is 19.8 Å². The summed E-state index contributed by atoms with van der Waals surface area (Å²) in [4.78, 5) is 11.8. The number of furan rings is 1. The molecule has 2 aromatic rings. The van der Waals surface area contributed by atoms with Gasteiger partial charge in [-0.3, -0.25) is 0 Å². The second-order valence-electron chi connectivity index (χ2n) is 4.96. The first-order valence-corrected chi connectivity index (χ1v) is 8.15. The summed E-state index contributed by atoms with van der Waals surface area (Å²) < 4.78 is 10.7. The van der Waals surface area contributed by atoms with E-state index in [1.54, 1.807) is 30.3 Å². The number of hydrogen-bond acceptors (Lipinski definition) is 4. The van der Waals surface area contributed by atoms with Gasteiger partial charge in [0.1, 0.15) is 23.2 Å². The van der Waals surface area contributed by atoms with E-state index >= 15 is 0 Å². The van der Waals surface area contributed by atoms with E-state index in [9.17, 15) is 4.79 Å². The maximum absolute atomic E-state index is 11.8. The van der Waals surface area contributed by atoms with Crippen LogP contribution in [0.1, 0.15) is 25.5 Å². The third-order valence-corrected chi connectivity index (χ3v) is 4.02. The van der Waals surface area contributed by atoms with E-state index in [2.05, 4.69) is 0 Å². The quantitative estimate of drug-likeness (QED) is 0.294. The molecule has 4 nitrogen and oxygen atoms in total. The van der Waals surface area contributed by atoms with Gasteiger partial charge in [0.15, 0.2) is 0 Å². The molecule has 0 unspecified atom stereocenters. The molecule has 1 heterocycles. The summed E-state index contributed by atoms with van der Waals surface area (Å²) in [5.74, 6) is 0.181. The molecule has 0 atom stereocenters. The molecule has 6 heteroatoms. The number of nitriles is 1. The van der Waals surface area contributed by atoms with Crippen LogP contribution in [-0.4, -0.2) is 12.6 Å². The molecule has 0 radical (unpaired) electrons. The number of carbonyl (C=O) groups excluding carboxylic acids is 1. The van der Waals surface area contributed by atoms with E-state index in [0.29, 0.717) is 27.1 Å². The van der Waals surface area contributed by atoms with E-state index in [4.69, 9.17) is 37.6 Å². The molecule has 0 aliphatic heterocycles. The van der Waals surface area contributed by atoms with Crippen LogP contribution in [0.15, 0.2) is 40.3 Å². The predicted octanol–water partition coefficient (Wildman–Crippen LogP) is 5.50. The minimum absolute atomic E-state index is 0.121. The fraction of sp³-hybridized carbons (Fsp3) is 0.222. The molecule has 2 rings (SSSR count). The van der Waals surface area contributed by atoms with Crippen LogP contribution in [0.4, 0.5) is 0 Å². The molecule has 0 aliphatic carbocycles. The summed E-state index contributed by atoms with van der Waals surface area (Å²) in [6, 6.07) is 10.4. The molecule has 1 aromatic carbocycles. The van der Waals surface area contributed by atoms with Gasteiger partial charge in [-0.15, -0.1) is 0 Å². The third kappa shape index (κ3) is 4.41. The van der Waals surface area contributed by atoms with Crippen LogP contribution >= 0.6 is 23.2 Å². The molecule has 0 saturated carbocycles. The Labute approximate surface area is 150 Å². The molecule has 0 fully saturated rings. The van der Waals surface area contributed by atoms with Crippen molar-refractivity contribution in [3.63, 3.8) is 0 Å². The Morgan fingerprint density at radius 1 is 1.33 bits per heavy atom. The summed E-state index contributed by atoms with van der Waals surface area (Å²) >= 11 is 12.1. The standard InChI is InChI=1S/C18H15Cl2NO3/c1-2-3-9-23-18(22)12(11-21)10-13-7-8-16(24-13)14-5-4-6-15(19)17(14)20/h4-8,10H,2-3,9H2,1H3/b12-10+. The Morgan fingerprint density at radius 3 is 2.83 bits per heavy atom. The molecular weight excluding hydrogens is 349 g/mol. The van der Waals surface area contributed by atoms with Crippen LogP contribution in [0, 0.1) is 11.3 Å². The zero-order valence-corrected chi connectivity index (χ0v) is 14.5. The van der Waals surface area contributed by atoms with Crippen LogP contribution in [-0.2, 0) is 9.53 Å². The van der Waals surface area contributed by atoms with Gasteiger partial charge in [0.2, 0.25) is 0 Å². The highest BCUT2D eigenvalue weighted by Gasteiger charge is 2.14. The number of benzene rings is 1. The lowest BCUT2D eigenvalue weighted by Gasteiger charge is -2.02. The Kier molecular flexibility index (Phi) is 6.48. The molecular formula is C18H15Cl2NO3. The van der Waals surface area contributed by atoms with Crippen molar-refractivity contribution >= 4 is 35.2 Å². The van der Waals surface area contributed by atoms with Crippen molar-refractivity contribution < 1.29 is 13.9 Å². The van der Waals surface area contributed by atoms with Crippen molar-refractivity contribution in [2.24, 2.45) is 0 Å². The molecule has 0 aliphatic rings. The van der Waals surface area contributed by atoms with Crippen molar-refractivity contribution in [3.05, 3.63) is 51.7 Å². The first-order chi connectivity index (χ1) is 11.6. The molecule has 0 saturated heterocycles. The smallest absolute Gasteiger partial charge is 0.349 e. The van der Waals surface area contributed by atoms with Gasteiger partial charge >= 0.3 is 5.97 Å². The average molecular weight is 364 g/mol. The fourth-order valence-electron chi connectivity index (χ4n) is 1.94. The minimum Gasteiger partial charge on any atom is -0.462 e. The maximum Gasteiger partial charge on any atom is 0.349 e. The monoisotopic (exact) mass is 363 g/mol. The van der Waals surface area contributed by atoms with Crippen LogP contribution in [0.25, 0.3) is 17.4 Å². The van der Waals surface area contributed by atoms with Crippen molar-refractivity contribution in [1.82, 2.24) is 0 Å². The molecule has 0 bridgehead atoms. The Hall–Kier alpha value is -2.22. The normalized spacial score (nSPS) is 11.2. The van der Waals surface area contributed by atoms with Gasteiger partial charge in [-0.2, -0.15) is 5.26 Å². The number of carbonyl (C=O) groups is 1. The van der Waals surface area contributed by atoms with Gasteiger partial charge in [-0.25, -0.2) is 4.79 Å². The number of unbranched alkanes of at least 4 members (excludes halogenated alkanes) is 1. The molecule has 0 amide bonds. The number of ether oxygens (including phenoxy) is 1. The number of halogens is 2. The topological polar surface area (TPSA) is 63.2 Å². The van der Waals surface area contributed by atoms with Gasteiger partial charge in [0.25, 0.3) is 0 Å². The van der Waals surface area contributed by atoms with Gasteiger partial charge in [-0.05, 0) is 30.7 Å². The highest BCUT2D eigenvalue weighted by molar-refractivity contribution is 6.43. The largest absolute Gasteiger partial charge is 0.462 e. The molecule has 0 spiro atoms. The summed E-state index contributed by atoms with van der Waals surface area (Å²) in [7, 11) is 0. The third-order valence-electron chi connectivity index (χ3n) is 3.20. The average Bonchev–Trinajstić information content (AvgIpc) is 3.03. The Balaban J connectivity index is 2.21. The minimum atomic E-state index is -0.662. The van der Waals surface area contributed by atoms with Gasteiger partial charge in [-0.1, -0.05) is 42.6 Å². The van der Waals surface area contributed by atoms with E-state index in [1.807, 2.05) is 13.0 Å². The van der Waals surface area contributed by atoms with Crippen LogP contribution in [0.3, 0.4) is 0 Å². The number of rotatable bonds is 6. The summed E-state index contributed by atoms with van der Waals surface area (Å²) in [6.45, 7) is 2.27. The van der Waals surface area contributed by atoms with Crippen LogP contribution in [0.5, 0.6) is 0 Å². The van der Waals surface area contributed by atoms with E-state index in [0.717, 1.165) is 12.8 Å². The second kappa shape index (κ2) is 8.58. The van der Waals surface area contributed by atoms with Gasteiger partial charge in [0.05, 0.1) is 16.7 Å². The fourth-order valence-corrected chi connectivity index (χ4v) is 2.33. The zero-order valence-electron chi connectivity index (χ0n) is 13.0. The van der Waals surface area contributed by atoms with E-state index < -0.39 is 5.97 Å². The summed E-state index contributed by atoms with van der Waals surface area (Å²) in [5.41, 5.74) is 0.511. The zero-order chi connectivity index (χ0) is 17.5. The first kappa shape index (κ1) is 18.1. The summed E-state index contributed by atoms with van der Waals surface area (Å²) in [6.07, 6.45) is 3.00. The number of nitrogens with zero attached hydrogens (tertiary/aromatic N) is 1. The lowest BCUT2D eigenvalue weighted by atomic mass is 10.2. The van der Waals surface area contributed by atoms with Crippen LogP contribution < -0.4 is 0 Å². The van der Waals surface area contributed by atoms with Crippen LogP contribution in [0.2, 0.25) is 10.0 Å². The summed E-state index contributed by atoms with van der Waals surface area (Å²) in [5, 5.41) is 9.91. The number of esters is 1. The van der Waals surface area contributed by atoms with Crippen molar-refractivity contribution in [1.29, 1.82) is 5.26 Å². The van der Waals surface area contributed by atoms with Crippen molar-refractivity contribution in [3.8, 4) is 17.4 Å². The highest BCUT2D eigenvalue weighted by atomic mass is 35.5. The molecule has 0 N–H and O–H groups in total. The first-order valence-electron chi connectivity index (χ1n) is 7.40. The second-order valence-corrected chi connectivity index (χ2v) is 5.75. The molecule has 1 aromatic heterocycles. The van der Waals surface area contributed by atoms with E-state index in [-0.39, 0.29) is 12.2 Å². The molecule has 124 valence electrons. The van der Waals surface area contributed by atoms with Gasteiger partial charge < -0.3 is 9.15 Å². The maximum atomic E-state index is 11.8. The number of hydrogen-bond donors (Lipinski definition) is 0. The highest BCUT2D eigenvalue weighted by Crippen LogP contribution is 2.34. The predicted molar refractivity (Wildman–Crippen MR) is 93.6 cm³/mol. The Morgan fingerprint density at radius 2 is 2.12 bits per heavy atom. The lowest BCUT2D eigenvalue weighted by molar-refractivity contribution is -0.138. The Bertz CT molecular complexity index is 803. The van der Waals surface area contributed by atoms with Gasteiger partial charge in [0, 0.05) is 11.6 Å². The van der Waals surface area contributed by atoms with E-state index in [1.165, 1.54) is 6.08 Å². The SMILES string of the molecule is CCCCOC(=O)/C(C#N)=C/c1ccc(-c2cccc(Cl)c2Cl)o1.